The first-order valence-electron chi connectivity index (χ1n) is 5.54. The predicted molar refractivity (Wildman–Crippen MR) is 57.1 cm³/mol. The molecule has 0 rings (SSSR count). The van der Waals surface area contributed by atoms with Crippen LogP contribution in [0.5, 0.6) is 0 Å². The molecule has 0 aliphatic heterocycles. The third-order valence-electron chi connectivity index (χ3n) is 2.50. The van der Waals surface area contributed by atoms with E-state index in [-0.39, 0.29) is 0 Å². The van der Waals surface area contributed by atoms with Crippen LogP contribution in [0.3, 0.4) is 0 Å². The molecule has 0 aliphatic rings. The van der Waals surface area contributed by atoms with E-state index in [1.807, 2.05) is 0 Å². The second-order valence-electron chi connectivity index (χ2n) is 3.72. The molecule has 0 aromatic carbocycles. The van der Waals surface area contributed by atoms with Gasteiger partial charge in [-0.25, -0.2) is 0 Å². The molecule has 13 heavy (non-hydrogen) atoms. The highest BCUT2D eigenvalue weighted by Crippen LogP contribution is 2.18. The maximum Gasteiger partial charge on any atom is 0.0739 e. The van der Waals surface area contributed by atoms with Gasteiger partial charge in [0.15, 0.2) is 0 Å². The largest absolute Gasteiger partial charge is 0.358 e. The Labute approximate surface area is 82.0 Å². The van der Waals surface area contributed by atoms with Crippen LogP contribution in [-0.2, 0) is 0 Å². The van der Waals surface area contributed by atoms with Crippen molar-refractivity contribution in [2.45, 2.75) is 38.5 Å². The van der Waals surface area contributed by atoms with Crippen LogP contribution in [0.4, 0.5) is 0 Å². The Bertz CT molecular complexity index is 77.2. The average molecular weight is 188 g/mol. The number of hydrogen-bond acceptors (Lipinski definition) is 2. The van der Waals surface area contributed by atoms with E-state index in [2.05, 4.69) is 5.73 Å². The van der Waals surface area contributed by atoms with Gasteiger partial charge in [-0.15, -0.1) is 0 Å². The highest BCUT2D eigenvalue weighted by Gasteiger charge is 2.07. The SMILES string of the molecule is NCCCC(CCCN)CCC[NH3+]. The summed E-state index contributed by atoms with van der Waals surface area (Å²) in [7, 11) is 0. The Morgan fingerprint density at radius 1 is 0.846 bits per heavy atom. The van der Waals surface area contributed by atoms with Gasteiger partial charge < -0.3 is 17.2 Å². The molecule has 3 heteroatoms. The fourth-order valence-electron chi connectivity index (χ4n) is 1.68. The molecule has 0 aromatic rings. The predicted octanol–water partition coefficient (Wildman–Crippen LogP) is 0.103. The molecule has 0 bridgehead atoms. The maximum atomic E-state index is 5.50. The highest BCUT2D eigenvalue weighted by atomic mass is 14.5. The molecule has 0 unspecified atom stereocenters. The summed E-state index contributed by atoms with van der Waals surface area (Å²) < 4.78 is 0. The van der Waals surface area contributed by atoms with Crippen LogP contribution in [0.15, 0.2) is 0 Å². The van der Waals surface area contributed by atoms with Crippen molar-refractivity contribution in [3.63, 3.8) is 0 Å². The van der Waals surface area contributed by atoms with Crippen LogP contribution in [0.1, 0.15) is 38.5 Å². The maximum absolute atomic E-state index is 5.50. The summed E-state index contributed by atoms with van der Waals surface area (Å²) in [6, 6.07) is 0. The summed E-state index contributed by atoms with van der Waals surface area (Å²) in [6.45, 7) is 2.70. The second-order valence-corrected chi connectivity index (χ2v) is 3.72. The second kappa shape index (κ2) is 9.96. The van der Waals surface area contributed by atoms with Gasteiger partial charge in [-0.2, -0.15) is 0 Å². The molecule has 0 aliphatic carbocycles. The number of hydrogen-bond donors (Lipinski definition) is 3. The molecule has 0 spiro atoms. The lowest BCUT2D eigenvalue weighted by Crippen LogP contribution is -2.50. The van der Waals surface area contributed by atoms with E-state index >= 15 is 0 Å². The van der Waals surface area contributed by atoms with Crippen molar-refractivity contribution in [3.8, 4) is 0 Å². The molecule has 0 aromatic heterocycles. The molecular formula is C10H26N3+. The zero-order valence-electron chi connectivity index (χ0n) is 8.80. The minimum atomic E-state index is 0.823. The van der Waals surface area contributed by atoms with Gasteiger partial charge >= 0.3 is 0 Å². The third kappa shape index (κ3) is 8.22. The summed E-state index contributed by atoms with van der Waals surface area (Å²) >= 11 is 0. The van der Waals surface area contributed by atoms with Crippen LogP contribution < -0.4 is 17.2 Å². The standard InChI is InChI=1S/C10H25N3/c11-7-1-4-10(5-2-8-12)6-3-9-13/h10H,1-9,11-13H2/p+1. The summed E-state index contributed by atoms with van der Waals surface area (Å²) in [5.41, 5.74) is 14.9. The first-order valence-corrected chi connectivity index (χ1v) is 5.54. The first-order chi connectivity index (χ1) is 6.35. The smallest absolute Gasteiger partial charge is 0.0739 e. The Balaban J connectivity index is 3.47. The molecule has 0 atom stereocenters. The van der Waals surface area contributed by atoms with Crippen LogP contribution in [0.25, 0.3) is 0 Å². The lowest BCUT2D eigenvalue weighted by Gasteiger charge is -2.14. The fourth-order valence-corrected chi connectivity index (χ4v) is 1.68. The lowest BCUT2D eigenvalue weighted by molar-refractivity contribution is -0.368. The minimum Gasteiger partial charge on any atom is -0.358 e. The summed E-state index contributed by atoms with van der Waals surface area (Å²) in [5.74, 6) is 0.842. The number of nitrogens with two attached hydrogens (primary N) is 2. The molecule has 0 heterocycles. The normalized spacial score (nSPS) is 11.1. The topological polar surface area (TPSA) is 79.7 Å². The van der Waals surface area contributed by atoms with Crippen molar-refractivity contribution in [1.29, 1.82) is 0 Å². The Hall–Kier alpha value is -0.120. The first kappa shape index (κ1) is 12.9. The lowest BCUT2D eigenvalue weighted by atomic mass is 9.93. The third-order valence-corrected chi connectivity index (χ3v) is 2.50. The van der Waals surface area contributed by atoms with Crippen molar-refractivity contribution in [1.82, 2.24) is 0 Å². The van der Waals surface area contributed by atoms with Crippen LogP contribution in [-0.4, -0.2) is 19.6 Å². The van der Waals surface area contributed by atoms with E-state index in [1.54, 1.807) is 0 Å². The molecule has 0 fully saturated rings. The van der Waals surface area contributed by atoms with Crippen molar-refractivity contribution in [2.24, 2.45) is 17.4 Å². The van der Waals surface area contributed by atoms with Crippen LogP contribution >= 0.6 is 0 Å². The molecule has 0 amide bonds. The van der Waals surface area contributed by atoms with Crippen molar-refractivity contribution >= 4 is 0 Å². The Kier molecular flexibility index (Phi) is 9.87. The Morgan fingerprint density at radius 3 is 1.69 bits per heavy atom. The number of quaternary nitrogens is 1. The van der Waals surface area contributed by atoms with Gasteiger partial charge in [0, 0.05) is 0 Å². The van der Waals surface area contributed by atoms with E-state index in [1.165, 1.54) is 25.7 Å². The van der Waals surface area contributed by atoms with Gasteiger partial charge in [0.25, 0.3) is 0 Å². The molecule has 0 saturated carbocycles. The van der Waals surface area contributed by atoms with Gasteiger partial charge in [-0.1, -0.05) is 0 Å². The van der Waals surface area contributed by atoms with E-state index in [0.717, 1.165) is 38.4 Å². The zero-order valence-corrected chi connectivity index (χ0v) is 8.80. The quantitative estimate of drug-likeness (QED) is 0.480. The Morgan fingerprint density at radius 2 is 1.31 bits per heavy atom. The zero-order chi connectivity index (χ0) is 9.94. The van der Waals surface area contributed by atoms with E-state index in [4.69, 9.17) is 11.5 Å². The van der Waals surface area contributed by atoms with Crippen LogP contribution in [0.2, 0.25) is 0 Å². The summed E-state index contributed by atoms with van der Waals surface area (Å²) in [6.07, 6.45) is 7.43. The molecule has 0 saturated heterocycles. The molecule has 0 radical (unpaired) electrons. The van der Waals surface area contributed by atoms with Crippen molar-refractivity contribution < 1.29 is 5.73 Å². The highest BCUT2D eigenvalue weighted by molar-refractivity contribution is 4.60. The molecule has 7 N–H and O–H groups in total. The molecule has 3 nitrogen and oxygen atoms in total. The van der Waals surface area contributed by atoms with Gasteiger partial charge in [0.2, 0.25) is 0 Å². The van der Waals surface area contributed by atoms with Gasteiger partial charge in [-0.3, -0.25) is 0 Å². The van der Waals surface area contributed by atoms with Gasteiger partial charge in [0.05, 0.1) is 6.54 Å². The fraction of sp³-hybridized carbons (Fsp3) is 1.00. The van der Waals surface area contributed by atoms with E-state index < -0.39 is 0 Å². The van der Waals surface area contributed by atoms with E-state index in [0.29, 0.717) is 0 Å². The molecule has 80 valence electrons. The van der Waals surface area contributed by atoms with Gasteiger partial charge in [-0.05, 0) is 57.5 Å². The molecular weight excluding hydrogens is 162 g/mol. The van der Waals surface area contributed by atoms with Crippen molar-refractivity contribution in [3.05, 3.63) is 0 Å². The monoisotopic (exact) mass is 188 g/mol. The summed E-state index contributed by atoms with van der Waals surface area (Å²) in [4.78, 5) is 0. The van der Waals surface area contributed by atoms with Crippen molar-refractivity contribution in [2.75, 3.05) is 19.6 Å². The van der Waals surface area contributed by atoms with Crippen LogP contribution in [0, 0.1) is 5.92 Å². The number of rotatable bonds is 9. The summed E-state index contributed by atoms with van der Waals surface area (Å²) in [5, 5.41) is 0. The minimum absolute atomic E-state index is 0.823. The van der Waals surface area contributed by atoms with Gasteiger partial charge in [0.1, 0.15) is 0 Å². The van der Waals surface area contributed by atoms with E-state index in [9.17, 15) is 0 Å². The average Bonchev–Trinajstić information content (AvgIpc) is 2.17.